The third-order valence-electron chi connectivity index (χ3n) is 15.4. The van der Waals surface area contributed by atoms with Gasteiger partial charge in [0.15, 0.2) is 5.78 Å². The van der Waals surface area contributed by atoms with E-state index in [-0.39, 0.29) is 86.2 Å². The molecular formula is C76H55Ir4N5O3-4. The molecule has 12 heteroatoms. The van der Waals surface area contributed by atoms with E-state index in [2.05, 4.69) is 149 Å². The molecular weight excluding hydrogens is 1800 g/mol. The van der Waals surface area contributed by atoms with Crippen molar-refractivity contribution in [3.63, 3.8) is 0 Å². The number of rotatable bonds is 4. The van der Waals surface area contributed by atoms with Gasteiger partial charge in [-0.2, -0.15) is 0 Å². The predicted molar refractivity (Wildman–Crippen MR) is 340 cm³/mol. The first kappa shape index (κ1) is 64.5. The number of carbonyl (C=O) groups excluding carboxylic acids is 1. The van der Waals surface area contributed by atoms with Gasteiger partial charge in [-0.3, -0.25) is 4.79 Å². The Bertz CT molecular complexity index is 5010. The third kappa shape index (κ3) is 13.1. The van der Waals surface area contributed by atoms with Crippen LogP contribution in [0.15, 0.2) is 216 Å². The number of carbonyl (C=O) groups is 1. The second kappa shape index (κ2) is 27.6. The molecule has 0 spiro atoms. The van der Waals surface area contributed by atoms with E-state index in [1.165, 1.54) is 38.5 Å². The summed E-state index contributed by atoms with van der Waals surface area (Å²) in [5.41, 5.74) is 24.0. The molecule has 0 bridgehead atoms. The van der Waals surface area contributed by atoms with Gasteiger partial charge in [-0.1, -0.05) is 159 Å². The molecule has 0 saturated carbocycles. The average Bonchev–Trinajstić information content (AvgIpc) is 2.06. The van der Waals surface area contributed by atoms with Crippen molar-refractivity contribution in [1.29, 1.82) is 0 Å². The van der Waals surface area contributed by atoms with Crippen molar-refractivity contribution >= 4 is 71.5 Å². The van der Waals surface area contributed by atoms with E-state index in [0.717, 1.165) is 128 Å². The van der Waals surface area contributed by atoms with Gasteiger partial charge < -0.3 is 33.3 Å². The molecule has 15 aromatic rings. The zero-order valence-corrected chi connectivity index (χ0v) is 58.5. The molecule has 16 rings (SSSR count). The summed E-state index contributed by atoms with van der Waals surface area (Å²) in [6.45, 7) is 12.2. The zero-order chi connectivity index (χ0) is 57.6. The standard InChI is InChI=1S/C20H14NO.C19H15N2.C19H14NO.C18H12NO.4Ir/c1-12-3-6-15-16-7-5-14(19-8-4-13(2)11-21-19)10-18(16)20(22)17(15)9-12;1-13-7-10-17(20-12-13)14-8-9-16-15-5-3-4-6-18(15)21(2)19(16)11-14;1-12-4-8-18-16(9-12)15-6-5-14(10-19(15)21-18)17-7-3-13(2)11-20-17;1-12-8-9-19-16(10-12)13-6-7-15-14-4-2-3-5-17(14)20-18(15)11-13;;;;/h3-4,6-11H,1-2H3;3-7,9-12H,1-2H3;3-4,6-11H,1-2H3;2-5,7-11H,1H3;;;;/q4*-1;;;;. The van der Waals surface area contributed by atoms with Crippen molar-refractivity contribution in [3.8, 4) is 56.2 Å². The summed E-state index contributed by atoms with van der Waals surface area (Å²) in [6, 6.07) is 74.4. The van der Waals surface area contributed by atoms with E-state index >= 15 is 0 Å². The first-order valence-electron chi connectivity index (χ1n) is 27.9. The van der Waals surface area contributed by atoms with Gasteiger partial charge in [0.05, 0.1) is 11.2 Å². The molecule has 0 saturated heterocycles. The van der Waals surface area contributed by atoms with E-state index < -0.39 is 0 Å². The van der Waals surface area contributed by atoms with Gasteiger partial charge in [0.1, 0.15) is 11.2 Å². The Morgan fingerprint density at radius 1 is 0.341 bits per heavy atom. The van der Waals surface area contributed by atoms with Crippen molar-refractivity contribution in [3.05, 3.63) is 276 Å². The fraction of sp³-hybridized carbons (Fsp3) is 0.0921. The molecule has 442 valence electrons. The largest absolute Gasteiger partial charge is 0.476 e. The van der Waals surface area contributed by atoms with E-state index in [1.807, 2.05) is 156 Å². The second-order valence-corrected chi connectivity index (χ2v) is 21.6. The average molecular weight is 1860 g/mol. The van der Waals surface area contributed by atoms with Crippen LogP contribution in [0.3, 0.4) is 0 Å². The maximum absolute atomic E-state index is 12.6. The van der Waals surface area contributed by atoms with Crippen molar-refractivity contribution in [2.24, 2.45) is 7.05 Å². The van der Waals surface area contributed by atoms with E-state index in [1.54, 1.807) is 0 Å². The van der Waals surface area contributed by atoms with Gasteiger partial charge in [-0.25, -0.2) is 0 Å². The topological polar surface area (TPSA) is 99.8 Å². The molecule has 4 radical (unpaired) electrons. The summed E-state index contributed by atoms with van der Waals surface area (Å²) in [6.07, 6.45) is 7.42. The van der Waals surface area contributed by atoms with Crippen molar-refractivity contribution < 1.29 is 94.1 Å². The van der Waals surface area contributed by atoms with Crippen LogP contribution in [0.2, 0.25) is 0 Å². The SMILES string of the molecule is Cc1ccc(-c2[c-]cc3c(c2)C(=O)c2cc(C)ccc2-3)nc1.Cc1ccc(-c2[c-]cc3c(c2)oc2ccc(C)cc23)nc1.Cc1ccc(-c2[c-]cc3c4ccccc4n(C)c3c2)nc1.Cc1ccnc(-c2[c-]cc3c(c2)oc2ccccc23)c1.[Ir].[Ir].[Ir].[Ir]. The molecule has 8 aromatic carbocycles. The number of hydrogen-bond donors (Lipinski definition) is 0. The van der Waals surface area contributed by atoms with Crippen LogP contribution in [0.1, 0.15) is 49.3 Å². The molecule has 1 aliphatic rings. The molecule has 1 aliphatic carbocycles. The number of fused-ring (bicyclic) bond motifs is 12. The van der Waals surface area contributed by atoms with Crippen LogP contribution in [0.4, 0.5) is 0 Å². The maximum atomic E-state index is 12.6. The van der Waals surface area contributed by atoms with Crippen LogP contribution in [-0.2, 0) is 87.5 Å². The number of aryl methyl sites for hydroxylation is 7. The van der Waals surface area contributed by atoms with Gasteiger partial charge in [0, 0.05) is 123 Å². The van der Waals surface area contributed by atoms with Crippen LogP contribution >= 0.6 is 0 Å². The molecule has 0 fully saturated rings. The quantitative estimate of drug-likeness (QED) is 0.162. The minimum atomic E-state index is 0. The van der Waals surface area contributed by atoms with Gasteiger partial charge >= 0.3 is 0 Å². The first-order valence-corrected chi connectivity index (χ1v) is 27.9. The van der Waals surface area contributed by atoms with E-state index in [4.69, 9.17) is 8.83 Å². The summed E-state index contributed by atoms with van der Waals surface area (Å²) >= 11 is 0. The summed E-state index contributed by atoms with van der Waals surface area (Å²) in [5.74, 6) is 0.0936. The van der Waals surface area contributed by atoms with Crippen molar-refractivity contribution in [1.82, 2.24) is 24.5 Å². The van der Waals surface area contributed by atoms with Gasteiger partial charge in [-0.05, 0) is 139 Å². The smallest absolute Gasteiger partial charge is 0.175 e. The molecule has 0 atom stereocenters. The van der Waals surface area contributed by atoms with Crippen LogP contribution in [-0.4, -0.2) is 30.3 Å². The number of hydrogen-bond acceptors (Lipinski definition) is 7. The monoisotopic (exact) mass is 1860 g/mol. The van der Waals surface area contributed by atoms with Crippen LogP contribution in [0.25, 0.3) is 122 Å². The molecule has 88 heavy (non-hydrogen) atoms. The molecule has 0 aliphatic heterocycles. The Kier molecular flexibility index (Phi) is 20.2. The fourth-order valence-corrected chi connectivity index (χ4v) is 10.9. The third-order valence-corrected chi connectivity index (χ3v) is 15.4. The fourth-order valence-electron chi connectivity index (χ4n) is 10.9. The molecule has 0 N–H and O–H groups in total. The van der Waals surface area contributed by atoms with Gasteiger partial charge in [0.25, 0.3) is 0 Å². The number of nitrogens with zero attached hydrogens (tertiary/aromatic N) is 5. The minimum absolute atomic E-state index is 0. The number of ketones is 1. The van der Waals surface area contributed by atoms with Crippen LogP contribution < -0.4 is 0 Å². The zero-order valence-electron chi connectivity index (χ0n) is 48.9. The van der Waals surface area contributed by atoms with E-state index in [0.29, 0.717) is 0 Å². The molecule has 7 aromatic heterocycles. The molecule has 8 nitrogen and oxygen atoms in total. The number of pyridine rings is 4. The maximum Gasteiger partial charge on any atom is 0.175 e. The second-order valence-electron chi connectivity index (χ2n) is 21.6. The minimum Gasteiger partial charge on any atom is -0.476 e. The van der Waals surface area contributed by atoms with Gasteiger partial charge in [0.2, 0.25) is 0 Å². The Hall–Kier alpha value is -7.97. The molecule has 0 unspecified atom stereocenters. The Labute approximate surface area is 565 Å². The summed E-state index contributed by atoms with van der Waals surface area (Å²) < 4.78 is 14.1. The Morgan fingerprint density at radius 3 is 1.43 bits per heavy atom. The summed E-state index contributed by atoms with van der Waals surface area (Å²) in [4.78, 5) is 30.4. The first-order chi connectivity index (χ1) is 40.9. The number of furan rings is 2. The Balaban J connectivity index is 0.000000138. The number of benzene rings is 8. The summed E-state index contributed by atoms with van der Waals surface area (Å²) in [7, 11) is 2.11. The Morgan fingerprint density at radius 2 is 0.818 bits per heavy atom. The van der Waals surface area contributed by atoms with Gasteiger partial charge in [-0.15, -0.1) is 82.9 Å². The van der Waals surface area contributed by atoms with Crippen LogP contribution in [0, 0.1) is 65.8 Å². The summed E-state index contributed by atoms with van der Waals surface area (Å²) in [5, 5.41) is 6.98. The normalized spacial score (nSPS) is 11.0. The van der Waals surface area contributed by atoms with Crippen molar-refractivity contribution in [2.75, 3.05) is 0 Å². The molecule has 7 heterocycles. The number of para-hydroxylation sites is 2. The predicted octanol–water partition coefficient (Wildman–Crippen LogP) is 18.7. The van der Waals surface area contributed by atoms with E-state index in [9.17, 15) is 4.79 Å². The van der Waals surface area contributed by atoms with Crippen molar-refractivity contribution in [2.45, 2.75) is 41.5 Å². The number of aromatic nitrogens is 5. The van der Waals surface area contributed by atoms with Crippen LogP contribution in [0.5, 0.6) is 0 Å². The molecule has 0 amide bonds.